The van der Waals surface area contributed by atoms with Gasteiger partial charge in [0.15, 0.2) is 5.13 Å². The summed E-state index contributed by atoms with van der Waals surface area (Å²) in [6.07, 6.45) is 0. The number of benzene rings is 2. The number of aromatic nitrogens is 1. The summed E-state index contributed by atoms with van der Waals surface area (Å²) >= 11 is 7.08. The number of nitrogens with one attached hydrogen (secondary N) is 2. The third kappa shape index (κ3) is 4.07. The molecule has 0 saturated carbocycles. The summed E-state index contributed by atoms with van der Waals surface area (Å²) in [6, 6.07) is 12.0. The van der Waals surface area contributed by atoms with Crippen molar-refractivity contribution in [2.75, 3.05) is 10.6 Å². The van der Waals surface area contributed by atoms with Crippen molar-refractivity contribution in [3.8, 4) is 0 Å². The van der Waals surface area contributed by atoms with Crippen LogP contribution in [0, 0.1) is 12.7 Å². The highest BCUT2D eigenvalue weighted by Gasteiger charge is 2.18. The molecule has 0 spiro atoms. The minimum atomic E-state index is -0.434. The molecule has 3 rings (SSSR count). The standard InChI is InChI=1S/C18H13ClFN3O2S/c1-10-15(17(25)22-14-5-3-2-4-13(14)19)26-18(21-10)23-16(24)11-6-8-12(20)9-7-11/h2-9H,1H3,(H,22,25)(H,21,23,24). The molecular weight excluding hydrogens is 377 g/mol. The molecule has 0 bridgehead atoms. The van der Waals surface area contributed by atoms with Crippen LogP contribution < -0.4 is 10.6 Å². The normalized spacial score (nSPS) is 10.4. The van der Waals surface area contributed by atoms with Crippen LogP contribution in [0.1, 0.15) is 25.7 Å². The van der Waals surface area contributed by atoms with E-state index in [9.17, 15) is 14.0 Å². The summed E-state index contributed by atoms with van der Waals surface area (Å²) in [5.41, 5.74) is 1.26. The lowest BCUT2D eigenvalue weighted by molar-refractivity contribution is 0.102. The van der Waals surface area contributed by atoms with Gasteiger partial charge in [0.2, 0.25) is 0 Å². The Hall–Kier alpha value is -2.77. The molecule has 0 unspecified atom stereocenters. The zero-order valence-electron chi connectivity index (χ0n) is 13.5. The molecule has 0 saturated heterocycles. The van der Waals surface area contributed by atoms with E-state index >= 15 is 0 Å². The van der Waals surface area contributed by atoms with E-state index in [0.29, 0.717) is 26.8 Å². The first-order valence-electron chi connectivity index (χ1n) is 7.54. The maximum atomic E-state index is 12.9. The number of hydrogen-bond donors (Lipinski definition) is 2. The molecule has 26 heavy (non-hydrogen) atoms. The quantitative estimate of drug-likeness (QED) is 0.676. The number of nitrogens with zero attached hydrogens (tertiary/aromatic N) is 1. The fraction of sp³-hybridized carbons (Fsp3) is 0.0556. The van der Waals surface area contributed by atoms with Crippen molar-refractivity contribution in [1.29, 1.82) is 0 Å². The molecule has 0 aliphatic rings. The van der Waals surface area contributed by atoms with Crippen LogP contribution in [0.2, 0.25) is 5.02 Å². The molecule has 0 radical (unpaired) electrons. The first-order valence-corrected chi connectivity index (χ1v) is 8.73. The van der Waals surface area contributed by atoms with Crippen LogP contribution in [0.25, 0.3) is 0 Å². The smallest absolute Gasteiger partial charge is 0.267 e. The highest BCUT2D eigenvalue weighted by molar-refractivity contribution is 7.17. The lowest BCUT2D eigenvalue weighted by Crippen LogP contribution is -2.11. The minimum absolute atomic E-state index is 0.279. The predicted octanol–water partition coefficient (Wildman–Crippen LogP) is 4.75. The van der Waals surface area contributed by atoms with Crippen LogP contribution in [0.15, 0.2) is 48.5 Å². The van der Waals surface area contributed by atoms with Crippen molar-refractivity contribution < 1.29 is 14.0 Å². The Kier molecular flexibility index (Phi) is 5.29. The molecule has 3 aromatic rings. The van der Waals surface area contributed by atoms with E-state index in [1.807, 2.05) is 0 Å². The Balaban J connectivity index is 1.74. The van der Waals surface area contributed by atoms with E-state index in [-0.39, 0.29) is 11.0 Å². The highest BCUT2D eigenvalue weighted by Crippen LogP contribution is 2.26. The molecule has 0 fully saturated rings. The topological polar surface area (TPSA) is 71.1 Å². The Morgan fingerprint density at radius 1 is 1.04 bits per heavy atom. The number of carbonyl (C=O) groups is 2. The summed E-state index contributed by atoms with van der Waals surface area (Å²) in [4.78, 5) is 29.2. The van der Waals surface area contributed by atoms with E-state index < -0.39 is 11.7 Å². The summed E-state index contributed by atoms with van der Waals surface area (Å²) in [5, 5.41) is 6.03. The maximum Gasteiger partial charge on any atom is 0.267 e. The fourth-order valence-corrected chi connectivity index (χ4v) is 3.21. The van der Waals surface area contributed by atoms with Crippen molar-refractivity contribution >= 4 is 45.6 Å². The van der Waals surface area contributed by atoms with Crippen LogP contribution in [0.3, 0.4) is 0 Å². The van der Waals surface area contributed by atoms with Gasteiger partial charge in [-0.25, -0.2) is 9.37 Å². The van der Waals surface area contributed by atoms with E-state index in [0.717, 1.165) is 11.3 Å². The highest BCUT2D eigenvalue weighted by atomic mass is 35.5. The van der Waals surface area contributed by atoms with Gasteiger partial charge in [0.25, 0.3) is 11.8 Å². The predicted molar refractivity (Wildman–Crippen MR) is 101 cm³/mol. The summed E-state index contributed by atoms with van der Waals surface area (Å²) in [5.74, 6) is -1.22. The van der Waals surface area contributed by atoms with Gasteiger partial charge in [-0.05, 0) is 43.3 Å². The van der Waals surface area contributed by atoms with Crippen LogP contribution in [0.4, 0.5) is 15.2 Å². The number of hydrogen-bond acceptors (Lipinski definition) is 4. The van der Waals surface area contributed by atoms with Gasteiger partial charge in [-0.2, -0.15) is 0 Å². The number of rotatable bonds is 4. The van der Waals surface area contributed by atoms with Crippen LogP contribution in [-0.2, 0) is 0 Å². The SMILES string of the molecule is Cc1nc(NC(=O)c2ccc(F)cc2)sc1C(=O)Nc1ccccc1Cl. The molecule has 132 valence electrons. The van der Waals surface area contributed by atoms with Crippen molar-refractivity contribution in [3.63, 3.8) is 0 Å². The number of anilines is 2. The van der Waals surface area contributed by atoms with Crippen molar-refractivity contribution in [1.82, 2.24) is 4.98 Å². The van der Waals surface area contributed by atoms with Gasteiger partial charge in [-0.1, -0.05) is 35.1 Å². The van der Waals surface area contributed by atoms with Crippen molar-refractivity contribution in [2.24, 2.45) is 0 Å². The fourth-order valence-electron chi connectivity index (χ4n) is 2.17. The minimum Gasteiger partial charge on any atom is -0.320 e. The second-order valence-corrected chi connectivity index (χ2v) is 6.73. The van der Waals surface area contributed by atoms with Crippen LogP contribution >= 0.6 is 22.9 Å². The second kappa shape index (κ2) is 7.63. The van der Waals surface area contributed by atoms with E-state index in [4.69, 9.17) is 11.6 Å². The molecule has 0 aliphatic heterocycles. The van der Waals surface area contributed by atoms with Crippen molar-refractivity contribution in [3.05, 3.63) is 75.5 Å². The molecule has 1 aromatic heterocycles. The molecule has 2 amide bonds. The maximum absolute atomic E-state index is 12.9. The Morgan fingerprint density at radius 2 is 1.73 bits per heavy atom. The number of para-hydroxylation sites is 1. The third-order valence-electron chi connectivity index (χ3n) is 3.45. The van der Waals surface area contributed by atoms with Gasteiger partial charge in [0, 0.05) is 5.56 Å². The monoisotopic (exact) mass is 389 g/mol. The second-order valence-electron chi connectivity index (χ2n) is 5.33. The van der Waals surface area contributed by atoms with Gasteiger partial charge in [-0.3, -0.25) is 14.9 Å². The summed E-state index contributed by atoms with van der Waals surface area (Å²) < 4.78 is 12.9. The first kappa shape index (κ1) is 18.0. The van der Waals surface area contributed by atoms with Gasteiger partial charge in [0.1, 0.15) is 10.7 Å². The van der Waals surface area contributed by atoms with Gasteiger partial charge in [-0.15, -0.1) is 0 Å². The van der Waals surface area contributed by atoms with E-state index in [1.54, 1.807) is 31.2 Å². The van der Waals surface area contributed by atoms with Crippen LogP contribution in [-0.4, -0.2) is 16.8 Å². The van der Waals surface area contributed by atoms with Crippen molar-refractivity contribution in [2.45, 2.75) is 6.92 Å². The zero-order chi connectivity index (χ0) is 18.7. The molecule has 8 heteroatoms. The average molecular weight is 390 g/mol. The van der Waals surface area contributed by atoms with E-state index in [1.165, 1.54) is 24.3 Å². The number of carbonyl (C=O) groups excluding carboxylic acids is 2. The lowest BCUT2D eigenvalue weighted by atomic mass is 10.2. The first-order chi connectivity index (χ1) is 12.4. The van der Waals surface area contributed by atoms with E-state index in [2.05, 4.69) is 15.6 Å². The Labute approximate surface area is 157 Å². The lowest BCUT2D eigenvalue weighted by Gasteiger charge is -2.05. The Morgan fingerprint density at radius 3 is 2.42 bits per heavy atom. The van der Waals surface area contributed by atoms with Crippen LogP contribution in [0.5, 0.6) is 0 Å². The molecule has 2 aromatic carbocycles. The largest absolute Gasteiger partial charge is 0.320 e. The summed E-state index contributed by atoms with van der Waals surface area (Å²) in [7, 11) is 0. The number of aryl methyl sites for hydroxylation is 1. The number of halogens is 2. The molecule has 1 heterocycles. The molecule has 5 nitrogen and oxygen atoms in total. The molecule has 0 atom stereocenters. The third-order valence-corrected chi connectivity index (χ3v) is 4.85. The number of amides is 2. The van der Waals surface area contributed by atoms with Gasteiger partial charge < -0.3 is 5.32 Å². The Bertz CT molecular complexity index is 973. The summed E-state index contributed by atoms with van der Waals surface area (Å²) in [6.45, 7) is 1.67. The number of thiazole rings is 1. The van der Waals surface area contributed by atoms with Gasteiger partial charge in [0.05, 0.1) is 16.4 Å². The molecule has 0 aliphatic carbocycles. The zero-order valence-corrected chi connectivity index (χ0v) is 15.1. The average Bonchev–Trinajstić information content (AvgIpc) is 2.98. The molecule has 2 N–H and O–H groups in total. The molecular formula is C18H13ClFN3O2S. The van der Waals surface area contributed by atoms with Gasteiger partial charge >= 0.3 is 0 Å².